The van der Waals surface area contributed by atoms with Crippen molar-refractivity contribution in [3.63, 3.8) is 0 Å². The second-order valence-corrected chi connectivity index (χ2v) is 6.06. The first-order valence-corrected chi connectivity index (χ1v) is 8.25. The van der Waals surface area contributed by atoms with Crippen LogP contribution in [0.2, 0.25) is 5.02 Å². The molecule has 24 heavy (non-hydrogen) atoms. The Hall–Kier alpha value is -2.38. The molecule has 3 aromatic rings. The summed E-state index contributed by atoms with van der Waals surface area (Å²) in [5, 5.41) is 11.1. The number of benzene rings is 2. The van der Waals surface area contributed by atoms with Crippen LogP contribution in [0.25, 0.3) is 11.5 Å². The number of nitrogens with one attached hydrogen (secondary N) is 1. The highest BCUT2D eigenvalue weighted by Crippen LogP contribution is 2.25. The number of hydrogen-bond acceptors (Lipinski definition) is 5. The summed E-state index contributed by atoms with van der Waals surface area (Å²) in [7, 11) is 0. The van der Waals surface area contributed by atoms with E-state index >= 15 is 0 Å². The van der Waals surface area contributed by atoms with E-state index in [2.05, 4.69) is 15.5 Å². The molecule has 1 aromatic heterocycles. The summed E-state index contributed by atoms with van der Waals surface area (Å²) in [4.78, 5) is 11.9. The Bertz CT molecular complexity index is 855. The van der Waals surface area contributed by atoms with Crippen molar-refractivity contribution >= 4 is 35.0 Å². The van der Waals surface area contributed by atoms with Gasteiger partial charge in [0.15, 0.2) is 0 Å². The largest absolute Gasteiger partial charge is 0.411 e. The van der Waals surface area contributed by atoms with E-state index in [0.29, 0.717) is 10.7 Å². The van der Waals surface area contributed by atoms with E-state index in [1.54, 1.807) is 42.5 Å². The number of anilines is 1. The van der Waals surface area contributed by atoms with Crippen LogP contribution in [0, 0.1) is 5.82 Å². The number of halogens is 2. The van der Waals surface area contributed by atoms with Crippen molar-refractivity contribution < 1.29 is 13.6 Å². The average molecular weight is 364 g/mol. The van der Waals surface area contributed by atoms with Crippen molar-refractivity contribution in [3.8, 4) is 11.5 Å². The lowest BCUT2D eigenvalue weighted by atomic mass is 10.2. The Balaban J connectivity index is 1.58. The standard InChI is InChI=1S/C16H11ClFN3O2S/c17-10-5-7-11(8-6-10)19-14(22)9-24-16-21-20-15(23-16)12-3-1-2-4-13(12)18/h1-8H,9H2,(H,19,22). The van der Waals surface area contributed by atoms with E-state index in [1.165, 1.54) is 6.07 Å². The average Bonchev–Trinajstić information content (AvgIpc) is 3.04. The van der Waals surface area contributed by atoms with Gasteiger partial charge < -0.3 is 9.73 Å². The van der Waals surface area contributed by atoms with Crippen LogP contribution in [0.5, 0.6) is 0 Å². The van der Waals surface area contributed by atoms with E-state index in [9.17, 15) is 9.18 Å². The first kappa shape index (κ1) is 16.5. The molecule has 0 atom stereocenters. The fourth-order valence-electron chi connectivity index (χ4n) is 1.87. The molecule has 0 saturated carbocycles. The van der Waals surface area contributed by atoms with Gasteiger partial charge in [-0.3, -0.25) is 4.79 Å². The van der Waals surface area contributed by atoms with Crippen LogP contribution in [0.15, 0.2) is 58.2 Å². The molecule has 0 unspecified atom stereocenters. The van der Waals surface area contributed by atoms with Gasteiger partial charge in [-0.05, 0) is 36.4 Å². The van der Waals surface area contributed by atoms with E-state index in [4.69, 9.17) is 16.0 Å². The van der Waals surface area contributed by atoms with Crippen molar-refractivity contribution in [3.05, 3.63) is 59.4 Å². The number of rotatable bonds is 5. The van der Waals surface area contributed by atoms with Crippen molar-refractivity contribution in [2.45, 2.75) is 5.22 Å². The van der Waals surface area contributed by atoms with Crippen LogP contribution in [-0.2, 0) is 4.79 Å². The van der Waals surface area contributed by atoms with Gasteiger partial charge in [-0.15, -0.1) is 10.2 Å². The van der Waals surface area contributed by atoms with Crippen LogP contribution < -0.4 is 5.32 Å². The molecule has 1 amide bonds. The molecule has 5 nitrogen and oxygen atoms in total. The molecule has 0 aliphatic heterocycles. The third-order valence-corrected chi connectivity index (χ3v) is 4.04. The van der Waals surface area contributed by atoms with Crippen molar-refractivity contribution in [2.75, 3.05) is 11.1 Å². The van der Waals surface area contributed by atoms with E-state index < -0.39 is 5.82 Å². The quantitative estimate of drug-likeness (QED) is 0.686. The van der Waals surface area contributed by atoms with E-state index in [0.717, 1.165) is 11.8 Å². The Labute approximate surface area is 146 Å². The van der Waals surface area contributed by atoms with Gasteiger partial charge >= 0.3 is 0 Å². The fraction of sp³-hybridized carbons (Fsp3) is 0.0625. The summed E-state index contributed by atoms with van der Waals surface area (Å²) in [5.41, 5.74) is 0.866. The first-order valence-electron chi connectivity index (χ1n) is 6.88. The van der Waals surface area contributed by atoms with Crippen LogP contribution in [0.4, 0.5) is 10.1 Å². The third kappa shape index (κ3) is 4.12. The number of hydrogen-bond donors (Lipinski definition) is 1. The maximum absolute atomic E-state index is 13.7. The summed E-state index contributed by atoms with van der Waals surface area (Å²) in [6.07, 6.45) is 0. The van der Waals surface area contributed by atoms with Crippen molar-refractivity contribution in [2.24, 2.45) is 0 Å². The van der Waals surface area contributed by atoms with E-state index in [-0.39, 0.29) is 28.3 Å². The summed E-state index contributed by atoms with van der Waals surface area (Å²) in [6, 6.07) is 12.9. The Kier molecular flexibility index (Phi) is 5.12. The number of nitrogens with zero attached hydrogens (tertiary/aromatic N) is 2. The first-order chi connectivity index (χ1) is 11.6. The summed E-state index contributed by atoms with van der Waals surface area (Å²) in [5.74, 6) is -0.513. The number of amides is 1. The predicted octanol–water partition coefficient (Wildman–Crippen LogP) is 4.26. The minimum atomic E-state index is -0.446. The van der Waals surface area contributed by atoms with Crippen LogP contribution in [0.1, 0.15) is 0 Å². The third-order valence-electron chi connectivity index (χ3n) is 2.97. The summed E-state index contributed by atoms with van der Waals surface area (Å²) in [6.45, 7) is 0. The highest BCUT2D eigenvalue weighted by molar-refractivity contribution is 7.99. The Morgan fingerprint density at radius 3 is 2.67 bits per heavy atom. The smallest absolute Gasteiger partial charge is 0.277 e. The maximum Gasteiger partial charge on any atom is 0.277 e. The lowest BCUT2D eigenvalue weighted by Gasteiger charge is -2.03. The van der Waals surface area contributed by atoms with E-state index in [1.807, 2.05) is 0 Å². The number of carbonyl (C=O) groups is 1. The lowest BCUT2D eigenvalue weighted by Crippen LogP contribution is -2.13. The molecule has 8 heteroatoms. The van der Waals surface area contributed by atoms with Gasteiger partial charge in [-0.25, -0.2) is 4.39 Å². The minimum Gasteiger partial charge on any atom is -0.411 e. The molecular formula is C16H11ClFN3O2S. The van der Waals surface area contributed by atoms with Crippen LogP contribution >= 0.6 is 23.4 Å². The van der Waals surface area contributed by atoms with Gasteiger partial charge in [0, 0.05) is 10.7 Å². The highest BCUT2D eigenvalue weighted by Gasteiger charge is 2.14. The van der Waals surface area contributed by atoms with Gasteiger partial charge in [0.05, 0.1) is 11.3 Å². The van der Waals surface area contributed by atoms with Crippen LogP contribution in [0.3, 0.4) is 0 Å². The molecule has 1 N–H and O–H groups in total. The molecule has 0 fully saturated rings. The molecule has 0 aliphatic carbocycles. The van der Waals surface area contributed by atoms with Crippen LogP contribution in [-0.4, -0.2) is 21.9 Å². The normalized spacial score (nSPS) is 10.6. The van der Waals surface area contributed by atoms with Gasteiger partial charge in [0.25, 0.3) is 11.1 Å². The number of carbonyl (C=O) groups excluding carboxylic acids is 1. The molecular weight excluding hydrogens is 353 g/mol. The zero-order valence-corrected chi connectivity index (χ0v) is 13.8. The van der Waals surface area contributed by atoms with Crippen molar-refractivity contribution in [1.29, 1.82) is 0 Å². The fourth-order valence-corrected chi connectivity index (χ4v) is 2.56. The van der Waals surface area contributed by atoms with Gasteiger partial charge in [-0.2, -0.15) is 0 Å². The molecule has 3 rings (SSSR count). The Morgan fingerprint density at radius 2 is 1.92 bits per heavy atom. The molecule has 0 spiro atoms. The summed E-state index contributed by atoms with van der Waals surface area (Å²) >= 11 is 6.85. The second kappa shape index (κ2) is 7.46. The number of thioether (sulfide) groups is 1. The minimum absolute atomic E-state index is 0.0775. The van der Waals surface area contributed by atoms with Gasteiger partial charge in [0.2, 0.25) is 5.91 Å². The van der Waals surface area contributed by atoms with Gasteiger partial charge in [-0.1, -0.05) is 35.5 Å². The molecule has 0 saturated heterocycles. The topological polar surface area (TPSA) is 68.0 Å². The molecule has 122 valence electrons. The Morgan fingerprint density at radius 1 is 1.17 bits per heavy atom. The molecule has 0 bridgehead atoms. The highest BCUT2D eigenvalue weighted by atomic mass is 35.5. The zero-order valence-electron chi connectivity index (χ0n) is 12.2. The van der Waals surface area contributed by atoms with Crippen molar-refractivity contribution in [1.82, 2.24) is 10.2 Å². The second-order valence-electron chi connectivity index (χ2n) is 4.70. The molecule has 0 radical (unpaired) electrons. The molecule has 0 aliphatic rings. The predicted molar refractivity (Wildman–Crippen MR) is 90.5 cm³/mol. The molecule has 2 aromatic carbocycles. The zero-order chi connectivity index (χ0) is 16.9. The van der Waals surface area contributed by atoms with Gasteiger partial charge in [0.1, 0.15) is 5.82 Å². The monoisotopic (exact) mass is 363 g/mol. The summed E-state index contributed by atoms with van der Waals surface area (Å²) < 4.78 is 19.0. The molecule has 1 heterocycles. The number of aromatic nitrogens is 2. The maximum atomic E-state index is 13.7. The SMILES string of the molecule is O=C(CSc1nnc(-c2ccccc2F)o1)Nc1ccc(Cl)cc1. The lowest BCUT2D eigenvalue weighted by molar-refractivity contribution is -0.113.